The fraction of sp³-hybridized carbons (Fsp3) is 0.833. The quantitative estimate of drug-likeness (QED) is 0.761. The number of ether oxygens (including phenoxy) is 1. The molecule has 2 atom stereocenters. The summed E-state index contributed by atoms with van der Waals surface area (Å²) in [4.78, 5) is 23.0. The topological polar surface area (TPSA) is 67.4 Å². The molecular weight excluding hydrogens is 220 g/mol. The Labute approximate surface area is 101 Å². The minimum absolute atomic E-state index is 0.0166. The average Bonchev–Trinajstić information content (AvgIpc) is 2.89. The zero-order chi connectivity index (χ0) is 12.6. The normalized spacial score (nSPS) is 28.8. The molecule has 0 aromatic heterocycles. The summed E-state index contributed by atoms with van der Waals surface area (Å²) >= 11 is 0. The van der Waals surface area contributed by atoms with Crippen molar-refractivity contribution in [3.63, 3.8) is 0 Å². The van der Waals surface area contributed by atoms with E-state index < -0.39 is 11.7 Å². The van der Waals surface area contributed by atoms with Gasteiger partial charge in [-0.2, -0.15) is 0 Å². The minimum Gasteiger partial charge on any atom is -0.444 e. The number of carbonyl (C=O) groups excluding carboxylic acids is 2. The Morgan fingerprint density at radius 3 is 2.59 bits per heavy atom. The molecule has 5 heteroatoms. The molecule has 1 aliphatic carbocycles. The van der Waals surface area contributed by atoms with E-state index >= 15 is 0 Å². The van der Waals surface area contributed by atoms with E-state index in [0.29, 0.717) is 12.3 Å². The lowest BCUT2D eigenvalue weighted by atomic mass is 10.1. The zero-order valence-corrected chi connectivity index (χ0v) is 10.6. The number of amides is 2. The maximum Gasteiger partial charge on any atom is 0.407 e. The molecule has 1 saturated carbocycles. The SMILES string of the molecule is CC(C)(C)OC(=O)N[C@@H]1CC(=O)N[C@H]1C1CC1. The first-order valence-electron chi connectivity index (χ1n) is 6.14. The van der Waals surface area contributed by atoms with Gasteiger partial charge in [-0.1, -0.05) is 0 Å². The fourth-order valence-electron chi connectivity index (χ4n) is 2.17. The van der Waals surface area contributed by atoms with Gasteiger partial charge in [0.25, 0.3) is 0 Å². The van der Waals surface area contributed by atoms with Crippen molar-refractivity contribution in [1.82, 2.24) is 10.6 Å². The van der Waals surface area contributed by atoms with E-state index in [2.05, 4.69) is 10.6 Å². The second-order valence-electron chi connectivity index (χ2n) is 5.89. The minimum atomic E-state index is -0.505. The van der Waals surface area contributed by atoms with E-state index in [1.54, 1.807) is 0 Å². The predicted molar refractivity (Wildman–Crippen MR) is 62.4 cm³/mol. The molecule has 2 rings (SSSR count). The molecule has 96 valence electrons. The van der Waals surface area contributed by atoms with Crippen LogP contribution in [0.4, 0.5) is 4.79 Å². The molecule has 0 spiro atoms. The van der Waals surface area contributed by atoms with Crippen molar-refractivity contribution in [3.8, 4) is 0 Å². The lowest BCUT2D eigenvalue weighted by molar-refractivity contribution is -0.119. The molecule has 0 unspecified atom stereocenters. The predicted octanol–water partition coefficient (Wildman–Crippen LogP) is 1.18. The second-order valence-corrected chi connectivity index (χ2v) is 5.89. The molecule has 0 aromatic carbocycles. The van der Waals surface area contributed by atoms with Gasteiger partial charge >= 0.3 is 6.09 Å². The van der Waals surface area contributed by atoms with Crippen LogP contribution in [0.5, 0.6) is 0 Å². The number of nitrogens with one attached hydrogen (secondary N) is 2. The maximum atomic E-state index is 11.6. The van der Waals surface area contributed by atoms with Crippen LogP contribution in [0.3, 0.4) is 0 Å². The molecular formula is C12H20N2O3. The van der Waals surface area contributed by atoms with E-state index in [-0.39, 0.29) is 18.0 Å². The van der Waals surface area contributed by atoms with Crippen LogP contribution in [0.1, 0.15) is 40.0 Å². The number of hydrogen-bond donors (Lipinski definition) is 2. The molecule has 2 amide bonds. The summed E-state index contributed by atoms with van der Waals surface area (Å²) in [6.45, 7) is 5.47. The molecule has 2 aliphatic rings. The molecule has 0 aromatic rings. The van der Waals surface area contributed by atoms with Crippen LogP contribution < -0.4 is 10.6 Å². The summed E-state index contributed by atoms with van der Waals surface area (Å²) < 4.78 is 5.19. The summed E-state index contributed by atoms with van der Waals surface area (Å²) in [6, 6.07) is -0.0279. The van der Waals surface area contributed by atoms with E-state index in [4.69, 9.17) is 4.74 Å². The van der Waals surface area contributed by atoms with Gasteiger partial charge in [0.05, 0.1) is 12.1 Å². The summed E-state index contributed by atoms with van der Waals surface area (Å²) in [5, 5.41) is 5.72. The highest BCUT2D eigenvalue weighted by Crippen LogP contribution is 2.36. The van der Waals surface area contributed by atoms with Crippen LogP contribution in [0.2, 0.25) is 0 Å². The third-order valence-corrected chi connectivity index (χ3v) is 3.00. The highest BCUT2D eigenvalue weighted by atomic mass is 16.6. The molecule has 0 radical (unpaired) electrons. The van der Waals surface area contributed by atoms with E-state index in [1.165, 1.54) is 0 Å². The monoisotopic (exact) mass is 240 g/mol. The Morgan fingerprint density at radius 2 is 2.06 bits per heavy atom. The summed E-state index contributed by atoms with van der Waals surface area (Å²) in [7, 11) is 0. The van der Waals surface area contributed by atoms with Gasteiger partial charge in [0.15, 0.2) is 0 Å². The summed E-state index contributed by atoms with van der Waals surface area (Å²) in [5.41, 5.74) is -0.505. The molecule has 1 aliphatic heterocycles. The van der Waals surface area contributed by atoms with Crippen LogP contribution in [-0.4, -0.2) is 29.7 Å². The fourth-order valence-corrected chi connectivity index (χ4v) is 2.17. The zero-order valence-electron chi connectivity index (χ0n) is 10.6. The van der Waals surface area contributed by atoms with Gasteiger partial charge in [-0.3, -0.25) is 4.79 Å². The summed E-state index contributed by atoms with van der Waals surface area (Å²) in [6.07, 6.45) is 2.19. The Morgan fingerprint density at radius 1 is 1.41 bits per heavy atom. The molecule has 2 N–H and O–H groups in total. The Hall–Kier alpha value is -1.26. The molecule has 2 fully saturated rings. The van der Waals surface area contributed by atoms with Crippen LogP contribution >= 0.6 is 0 Å². The first-order chi connectivity index (χ1) is 7.85. The van der Waals surface area contributed by atoms with Gasteiger partial charge < -0.3 is 15.4 Å². The Kier molecular flexibility index (Phi) is 3.02. The van der Waals surface area contributed by atoms with E-state index in [9.17, 15) is 9.59 Å². The van der Waals surface area contributed by atoms with Crippen molar-refractivity contribution >= 4 is 12.0 Å². The number of carbonyl (C=O) groups is 2. The standard InChI is InChI=1S/C12H20N2O3/c1-12(2,3)17-11(16)13-8-6-9(15)14-10(8)7-4-5-7/h7-8,10H,4-6H2,1-3H3,(H,13,16)(H,14,15)/t8-,10+/m1/s1. The largest absolute Gasteiger partial charge is 0.444 e. The Balaban J connectivity index is 1.88. The molecule has 5 nitrogen and oxygen atoms in total. The third kappa shape index (κ3) is 3.35. The Bertz CT molecular complexity index is 331. The van der Waals surface area contributed by atoms with Crippen LogP contribution in [-0.2, 0) is 9.53 Å². The smallest absolute Gasteiger partial charge is 0.407 e. The highest BCUT2D eigenvalue weighted by molar-refractivity contribution is 5.81. The van der Waals surface area contributed by atoms with Crippen molar-refractivity contribution in [3.05, 3.63) is 0 Å². The number of rotatable bonds is 2. The molecule has 1 saturated heterocycles. The van der Waals surface area contributed by atoms with Crippen LogP contribution in [0, 0.1) is 5.92 Å². The number of alkyl carbamates (subject to hydrolysis) is 1. The van der Waals surface area contributed by atoms with Crippen LogP contribution in [0.15, 0.2) is 0 Å². The van der Waals surface area contributed by atoms with Gasteiger partial charge in [-0.15, -0.1) is 0 Å². The van der Waals surface area contributed by atoms with Crippen molar-refractivity contribution in [2.24, 2.45) is 5.92 Å². The average molecular weight is 240 g/mol. The first-order valence-corrected chi connectivity index (χ1v) is 6.14. The summed E-state index contributed by atoms with van der Waals surface area (Å²) in [5.74, 6) is 0.546. The van der Waals surface area contributed by atoms with Crippen molar-refractivity contribution in [2.45, 2.75) is 57.7 Å². The molecule has 17 heavy (non-hydrogen) atoms. The van der Waals surface area contributed by atoms with Crippen molar-refractivity contribution in [1.29, 1.82) is 0 Å². The highest BCUT2D eigenvalue weighted by Gasteiger charge is 2.43. The second kappa shape index (κ2) is 4.20. The van der Waals surface area contributed by atoms with Crippen molar-refractivity contribution in [2.75, 3.05) is 0 Å². The van der Waals surface area contributed by atoms with E-state index in [1.807, 2.05) is 20.8 Å². The van der Waals surface area contributed by atoms with Gasteiger partial charge in [-0.25, -0.2) is 4.79 Å². The third-order valence-electron chi connectivity index (χ3n) is 3.00. The van der Waals surface area contributed by atoms with Gasteiger partial charge in [0, 0.05) is 6.42 Å². The van der Waals surface area contributed by atoms with Gasteiger partial charge in [-0.05, 0) is 39.5 Å². The molecule has 1 heterocycles. The number of hydrogen-bond acceptors (Lipinski definition) is 3. The maximum absolute atomic E-state index is 11.6. The lowest BCUT2D eigenvalue weighted by Gasteiger charge is -2.24. The first kappa shape index (κ1) is 12.2. The van der Waals surface area contributed by atoms with Gasteiger partial charge in [0.1, 0.15) is 5.60 Å². The van der Waals surface area contributed by atoms with Crippen LogP contribution in [0.25, 0.3) is 0 Å². The van der Waals surface area contributed by atoms with Gasteiger partial charge in [0.2, 0.25) is 5.91 Å². The van der Waals surface area contributed by atoms with Crippen molar-refractivity contribution < 1.29 is 14.3 Å². The lowest BCUT2D eigenvalue weighted by Crippen LogP contribution is -2.46. The van der Waals surface area contributed by atoms with E-state index in [0.717, 1.165) is 12.8 Å². The molecule has 0 bridgehead atoms.